The summed E-state index contributed by atoms with van der Waals surface area (Å²) in [6.45, 7) is 2.15. The van der Waals surface area contributed by atoms with Crippen LogP contribution in [0.2, 0.25) is 5.02 Å². The lowest BCUT2D eigenvalue weighted by Crippen LogP contribution is -2.34. The number of fused-ring (bicyclic) bond motifs is 1. The first-order chi connectivity index (χ1) is 8.63. The van der Waals surface area contributed by atoms with Gasteiger partial charge in [0.1, 0.15) is 0 Å². The van der Waals surface area contributed by atoms with E-state index in [0.717, 1.165) is 17.5 Å². The molecule has 1 unspecified atom stereocenters. The van der Waals surface area contributed by atoms with E-state index in [0.29, 0.717) is 10.9 Å². The van der Waals surface area contributed by atoms with E-state index in [4.69, 9.17) is 11.6 Å². The zero-order chi connectivity index (χ0) is 12.8. The summed E-state index contributed by atoms with van der Waals surface area (Å²) in [6.07, 6.45) is 7.16. The van der Waals surface area contributed by atoms with Crippen molar-refractivity contribution >= 4 is 17.4 Å². The van der Waals surface area contributed by atoms with Crippen molar-refractivity contribution in [3.63, 3.8) is 0 Å². The second kappa shape index (κ2) is 4.38. The quantitative estimate of drug-likeness (QED) is 0.719. The van der Waals surface area contributed by atoms with Crippen molar-refractivity contribution in [2.24, 2.45) is 11.3 Å². The Morgan fingerprint density at radius 3 is 2.61 bits per heavy atom. The summed E-state index contributed by atoms with van der Waals surface area (Å²) in [7, 11) is 0. The number of carbonyl (C=O) groups excluding carboxylic acids is 1. The van der Waals surface area contributed by atoms with Crippen LogP contribution in [0.15, 0.2) is 18.2 Å². The molecule has 0 aliphatic heterocycles. The average Bonchev–Trinajstić information content (AvgIpc) is 2.65. The molecular weight excluding hydrogens is 244 g/mol. The third-order valence-electron chi connectivity index (χ3n) is 4.91. The summed E-state index contributed by atoms with van der Waals surface area (Å²) in [5, 5.41) is 0.636. The number of hydrogen-bond donors (Lipinski definition) is 0. The lowest BCUT2D eigenvalue weighted by Gasteiger charge is -2.35. The lowest BCUT2D eigenvalue weighted by molar-refractivity contribution is 0.0684. The number of rotatable bonds is 1. The van der Waals surface area contributed by atoms with E-state index in [9.17, 15) is 4.79 Å². The van der Waals surface area contributed by atoms with Gasteiger partial charge in [-0.05, 0) is 36.8 Å². The van der Waals surface area contributed by atoms with Crippen LogP contribution in [0.4, 0.5) is 0 Å². The smallest absolute Gasteiger partial charge is 0.171 e. The Kier molecular flexibility index (Phi) is 2.97. The van der Waals surface area contributed by atoms with Gasteiger partial charge in [0.05, 0.1) is 5.02 Å². The summed E-state index contributed by atoms with van der Waals surface area (Å²) in [6, 6.07) is 5.86. The number of hydrogen-bond acceptors (Lipinski definition) is 1. The highest BCUT2D eigenvalue weighted by molar-refractivity contribution is 6.34. The molecule has 18 heavy (non-hydrogen) atoms. The molecule has 1 atom stereocenters. The second-order valence-electron chi connectivity index (χ2n) is 6.03. The zero-order valence-electron chi connectivity index (χ0n) is 10.8. The molecule has 0 bridgehead atoms. The standard InChI is InChI=1S/C16H19ClO/c1-16(12-7-3-2-4-8-12)10-11-6-5-9-13(17)14(11)15(16)18/h5-6,9,12H,2-4,7-8,10H2,1H3. The molecule has 1 nitrogen and oxygen atoms in total. The Bertz CT molecular complexity index is 488. The van der Waals surface area contributed by atoms with Gasteiger partial charge in [-0.3, -0.25) is 4.79 Å². The number of Topliss-reactive ketones (excluding diaryl/α,β-unsaturated/α-hetero) is 1. The Morgan fingerprint density at radius 1 is 1.22 bits per heavy atom. The molecule has 1 fully saturated rings. The van der Waals surface area contributed by atoms with Crippen LogP contribution >= 0.6 is 11.6 Å². The predicted octanol–water partition coefficient (Wildman–Crippen LogP) is 4.67. The third kappa shape index (κ3) is 1.72. The maximum Gasteiger partial charge on any atom is 0.171 e. The van der Waals surface area contributed by atoms with E-state index < -0.39 is 0 Å². The minimum Gasteiger partial charge on any atom is -0.293 e. The number of carbonyl (C=O) groups is 1. The van der Waals surface area contributed by atoms with E-state index >= 15 is 0 Å². The third-order valence-corrected chi connectivity index (χ3v) is 5.22. The molecule has 2 aliphatic rings. The van der Waals surface area contributed by atoms with Crippen LogP contribution in [0.1, 0.15) is 54.9 Å². The van der Waals surface area contributed by atoms with Gasteiger partial charge in [-0.2, -0.15) is 0 Å². The number of halogens is 1. The van der Waals surface area contributed by atoms with Gasteiger partial charge >= 0.3 is 0 Å². The van der Waals surface area contributed by atoms with Gasteiger partial charge in [-0.25, -0.2) is 0 Å². The summed E-state index contributed by atoms with van der Waals surface area (Å²) in [4.78, 5) is 12.8. The van der Waals surface area contributed by atoms with Gasteiger partial charge in [-0.15, -0.1) is 0 Å². The van der Waals surface area contributed by atoms with Crippen molar-refractivity contribution in [1.82, 2.24) is 0 Å². The molecular formula is C16H19ClO. The van der Waals surface area contributed by atoms with Crippen LogP contribution in [0, 0.1) is 11.3 Å². The zero-order valence-corrected chi connectivity index (χ0v) is 11.6. The molecule has 0 saturated heterocycles. The van der Waals surface area contributed by atoms with E-state index in [1.807, 2.05) is 12.1 Å². The molecule has 0 amide bonds. The lowest BCUT2D eigenvalue weighted by atomic mass is 9.67. The molecule has 0 spiro atoms. The molecule has 0 radical (unpaired) electrons. The number of ketones is 1. The van der Waals surface area contributed by atoms with E-state index in [2.05, 4.69) is 13.0 Å². The Balaban J connectivity index is 1.97. The predicted molar refractivity (Wildman–Crippen MR) is 74.2 cm³/mol. The molecule has 96 valence electrons. The molecule has 0 N–H and O–H groups in total. The van der Waals surface area contributed by atoms with Gasteiger partial charge < -0.3 is 0 Å². The maximum atomic E-state index is 12.8. The molecule has 0 heterocycles. The van der Waals surface area contributed by atoms with Crippen molar-refractivity contribution < 1.29 is 4.79 Å². The minimum atomic E-state index is -0.201. The van der Waals surface area contributed by atoms with Crippen LogP contribution in [0.25, 0.3) is 0 Å². The summed E-state index contributed by atoms with van der Waals surface area (Å²) in [5.74, 6) is 0.831. The maximum absolute atomic E-state index is 12.8. The molecule has 2 heteroatoms. The average molecular weight is 263 g/mol. The highest BCUT2D eigenvalue weighted by Crippen LogP contribution is 2.48. The fourth-order valence-corrected chi connectivity index (χ4v) is 4.08. The molecule has 1 aromatic carbocycles. The molecule has 1 saturated carbocycles. The Hall–Kier alpha value is -0.820. The fourth-order valence-electron chi connectivity index (χ4n) is 3.80. The topological polar surface area (TPSA) is 17.1 Å². The highest BCUT2D eigenvalue weighted by atomic mass is 35.5. The van der Waals surface area contributed by atoms with Crippen molar-refractivity contribution in [3.05, 3.63) is 34.3 Å². The normalized spacial score (nSPS) is 28.4. The minimum absolute atomic E-state index is 0.201. The van der Waals surface area contributed by atoms with Gasteiger partial charge in [0.25, 0.3) is 0 Å². The van der Waals surface area contributed by atoms with Crippen LogP contribution in [0.5, 0.6) is 0 Å². The van der Waals surface area contributed by atoms with Crippen LogP contribution in [0.3, 0.4) is 0 Å². The molecule has 2 aliphatic carbocycles. The second-order valence-corrected chi connectivity index (χ2v) is 6.44. The van der Waals surface area contributed by atoms with Gasteiger partial charge in [0.2, 0.25) is 0 Å². The Labute approximate surface area is 114 Å². The van der Waals surface area contributed by atoms with E-state index in [1.165, 1.54) is 32.1 Å². The summed E-state index contributed by atoms with van der Waals surface area (Å²) >= 11 is 6.21. The first-order valence-corrected chi connectivity index (χ1v) is 7.33. The van der Waals surface area contributed by atoms with Gasteiger partial charge in [0.15, 0.2) is 5.78 Å². The molecule has 1 aromatic rings. The van der Waals surface area contributed by atoms with Crippen LogP contribution < -0.4 is 0 Å². The van der Waals surface area contributed by atoms with Gasteiger partial charge in [0, 0.05) is 11.0 Å². The monoisotopic (exact) mass is 262 g/mol. The summed E-state index contributed by atoms with van der Waals surface area (Å²) < 4.78 is 0. The Morgan fingerprint density at radius 2 is 1.94 bits per heavy atom. The largest absolute Gasteiger partial charge is 0.293 e. The van der Waals surface area contributed by atoms with E-state index in [-0.39, 0.29) is 11.2 Å². The van der Waals surface area contributed by atoms with Crippen molar-refractivity contribution in [1.29, 1.82) is 0 Å². The summed E-state index contributed by atoms with van der Waals surface area (Å²) in [5.41, 5.74) is 1.75. The SMILES string of the molecule is CC1(C2CCCCC2)Cc2cccc(Cl)c2C1=O. The van der Waals surface area contributed by atoms with Crippen LogP contribution in [-0.2, 0) is 6.42 Å². The van der Waals surface area contributed by atoms with Crippen LogP contribution in [-0.4, -0.2) is 5.78 Å². The van der Waals surface area contributed by atoms with E-state index in [1.54, 1.807) is 0 Å². The molecule has 3 rings (SSSR count). The fraction of sp³-hybridized carbons (Fsp3) is 0.562. The molecule has 0 aromatic heterocycles. The number of benzene rings is 1. The first kappa shape index (κ1) is 12.2. The van der Waals surface area contributed by atoms with Crippen molar-refractivity contribution in [2.75, 3.05) is 0 Å². The van der Waals surface area contributed by atoms with Crippen molar-refractivity contribution in [3.8, 4) is 0 Å². The highest BCUT2D eigenvalue weighted by Gasteiger charge is 2.47. The van der Waals surface area contributed by atoms with Crippen molar-refractivity contribution in [2.45, 2.75) is 45.4 Å². The van der Waals surface area contributed by atoms with Gasteiger partial charge in [-0.1, -0.05) is 49.9 Å². The first-order valence-electron chi connectivity index (χ1n) is 6.95.